The number of carbonyl (C=O) groups is 3. The molecule has 1 N–H and O–H groups in total. The molecule has 0 spiro atoms. The number of hydrogen-bond donors (Lipinski definition) is 1. The van der Waals surface area contributed by atoms with Crippen LogP contribution in [0, 0.1) is 0 Å². The first-order chi connectivity index (χ1) is 12.1. The molecule has 2 aromatic rings. The molecule has 0 aliphatic carbocycles. The van der Waals surface area contributed by atoms with Gasteiger partial charge in [-0.25, -0.2) is 4.79 Å². The molecule has 1 fully saturated rings. The summed E-state index contributed by atoms with van der Waals surface area (Å²) in [4.78, 5) is 35.0. The van der Waals surface area contributed by atoms with Gasteiger partial charge in [-0.2, -0.15) is 0 Å². The van der Waals surface area contributed by atoms with Crippen LogP contribution in [0.25, 0.3) is 11.1 Å². The van der Waals surface area contributed by atoms with Gasteiger partial charge in [-0.05, 0) is 23.3 Å². The average molecular weight is 339 g/mol. The van der Waals surface area contributed by atoms with E-state index in [1.54, 1.807) is 12.1 Å². The van der Waals surface area contributed by atoms with Crippen LogP contribution in [0.5, 0.6) is 0 Å². The number of amides is 1. The van der Waals surface area contributed by atoms with Crippen LogP contribution in [-0.4, -0.2) is 37.1 Å². The smallest absolute Gasteiger partial charge is 0.347 e. The zero-order valence-electron chi connectivity index (χ0n) is 13.4. The van der Waals surface area contributed by atoms with Crippen LogP contribution in [0.1, 0.15) is 16.8 Å². The summed E-state index contributed by atoms with van der Waals surface area (Å²) in [6.45, 7) is -0.0556. The Balaban J connectivity index is 1.53. The monoisotopic (exact) mass is 339 g/mol. The van der Waals surface area contributed by atoms with Crippen LogP contribution >= 0.6 is 0 Å². The largest absolute Gasteiger partial charge is 0.463 e. The first-order valence-corrected chi connectivity index (χ1v) is 7.93. The van der Waals surface area contributed by atoms with Crippen molar-refractivity contribution in [1.29, 1.82) is 0 Å². The van der Waals surface area contributed by atoms with Gasteiger partial charge < -0.3 is 14.8 Å². The Labute approximate surface area is 144 Å². The number of cyclic esters (lactones) is 1. The summed E-state index contributed by atoms with van der Waals surface area (Å²) in [6, 6.07) is 16.9. The summed E-state index contributed by atoms with van der Waals surface area (Å²) in [5, 5.41) is 2.48. The first-order valence-electron chi connectivity index (χ1n) is 7.93. The number of esters is 2. The van der Waals surface area contributed by atoms with Crippen molar-refractivity contribution in [3.8, 4) is 11.1 Å². The summed E-state index contributed by atoms with van der Waals surface area (Å²) < 4.78 is 9.66. The minimum absolute atomic E-state index is 0.247. The van der Waals surface area contributed by atoms with E-state index < -0.39 is 18.0 Å². The molecular formula is C19H17NO5. The van der Waals surface area contributed by atoms with Crippen LogP contribution in [0.2, 0.25) is 0 Å². The van der Waals surface area contributed by atoms with E-state index in [1.165, 1.54) is 0 Å². The van der Waals surface area contributed by atoms with Gasteiger partial charge in [-0.1, -0.05) is 42.5 Å². The van der Waals surface area contributed by atoms with E-state index in [4.69, 9.17) is 9.47 Å². The van der Waals surface area contributed by atoms with E-state index in [0.29, 0.717) is 12.0 Å². The zero-order valence-corrected chi connectivity index (χ0v) is 13.4. The van der Waals surface area contributed by atoms with Crippen molar-refractivity contribution in [3.05, 3.63) is 60.2 Å². The van der Waals surface area contributed by atoms with Gasteiger partial charge in [0, 0.05) is 12.0 Å². The van der Waals surface area contributed by atoms with E-state index in [9.17, 15) is 14.4 Å². The second-order valence-electron chi connectivity index (χ2n) is 5.56. The van der Waals surface area contributed by atoms with Gasteiger partial charge >= 0.3 is 11.9 Å². The lowest BCUT2D eigenvalue weighted by atomic mass is 10.0. The number of rotatable bonds is 5. The second kappa shape index (κ2) is 7.61. The topological polar surface area (TPSA) is 81.7 Å². The predicted molar refractivity (Wildman–Crippen MR) is 89.7 cm³/mol. The molecule has 6 heteroatoms. The van der Waals surface area contributed by atoms with Crippen LogP contribution in [-0.2, 0) is 19.1 Å². The number of nitrogens with one attached hydrogen (secondary N) is 1. The Hall–Kier alpha value is -3.15. The quantitative estimate of drug-likeness (QED) is 0.842. The van der Waals surface area contributed by atoms with Crippen molar-refractivity contribution < 1.29 is 23.9 Å². The lowest BCUT2D eigenvalue weighted by Gasteiger charge is -2.09. The number of ether oxygens (including phenoxy) is 2. The third kappa shape index (κ3) is 4.23. The molecule has 25 heavy (non-hydrogen) atoms. The first kappa shape index (κ1) is 16.7. The molecule has 6 nitrogen and oxygen atoms in total. The Kier molecular flexibility index (Phi) is 5.09. The molecule has 1 amide bonds. The average Bonchev–Trinajstić information content (AvgIpc) is 3.05. The lowest BCUT2D eigenvalue weighted by Crippen LogP contribution is -2.33. The summed E-state index contributed by atoms with van der Waals surface area (Å²) >= 11 is 0. The van der Waals surface area contributed by atoms with Crippen molar-refractivity contribution in [3.63, 3.8) is 0 Å². The van der Waals surface area contributed by atoms with Crippen molar-refractivity contribution in [1.82, 2.24) is 5.32 Å². The summed E-state index contributed by atoms with van der Waals surface area (Å²) in [5.41, 5.74) is 2.49. The second-order valence-corrected chi connectivity index (χ2v) is 5.56. The fraction of sp³-hybridized carbons (Fsp3) is 0.211. The fourth-order valence-electron chi connectivity index (χ4n) is 2.48. The standard InChI is InChI=1S/C19H17NO5/c21-17(25-16-10-11-24-19(16)23)12-20-18(22)15-8-6-14(7-9-15)13-4-2-1-3-5-13/h1-9,16H,10-12H2,(H,20,22)/t16-/m1/s1. The number of hydrogen-bond acceptors (Lipinski definition) is 5. The lowest BCUT2D eigenvalue weighted by molar-refractivity contribution is -0.159. The van der Waals surface area contributed by atoms with Crippen molar-refractivity contribution in [2.75, 3.05) is 13.2 Å². The third-order valence-corrected chi connectivity index (χ3v) is 3.81. The van der Waals surface area contributed by atoms with Gasteiger partial charge in [0.05, 0.1) is 6.61 Å². The van der Waals surface area contributed by atoms with E-state index in [1.807, 2.05) is 42.5 Å². The minimum atomic E-state index is -0.866. The fourth-order valence-corrected chi connectivity index (χ4v) is 2.48. The molecule has 128 valence electrons. The predicted octanol–water partition coefficient (Wildman–Crippen LogP) is 1.94. The Morgan fingerprint density at radius 1 is 1.04 bits per heavy atom. The van der Waals surface area contributed by atoms with Crippen LogP contribution < -0.4 is 5.32 Å². The van der Waals surface area contributed by atoms with Gasteiger partial charge in [-0.15, -0.1) is 0 Å². The molecule has 1 saturated heterocycles. The van der Waals surface area contributed by atoms with Crippen molar-refractivity contribution in [2.24, 2.45) is 0 Å². The van der Waals surface area contributed by atoms with E-state index in [-0.39, 0.29) is 19.1 Å². The third-order valence-electron chi connectivity index (χ3n) is 3.81. The molecule has 1 atom stereocenters. The number of benzene rings is 2. The highest BCUT2D eigenvalue weighted by Crippen LogP contribution is 2.19. The highest BCUT2D eigenvalue weighted by atomic mass is 16.6. The van der Waals surface area contributed by atoms with Crippen LogP contribution in [0.3, 0.4) is 0 Å². The van der Waals surface area contributed by atoms with E-state index >= 15 is 0 Å². The normalized spacial score (nSPS) is 16.2. The summed E-state index contributed by atoms with van der Waals surface area (Å²) in [7, 11) is 0. The Bertz CT molecular complexity index is 770. The summed E-state index contributed by atoms with van der Waals surface area (Å²) in [6.07, 6.45) is -0.519. The van der Waals surface area contributed by atoms with Gasteiger partial charge in [0.25, 0.3) is 5.91 Å². The molecule has 3 rings (SSSR count). The minimum Gasteiger partial charge on any atom is -0.463 e. The van der Waals surface area contributed by atoms with Crippen LogP contribution in [0.4, 0.5) is 0 Å². The van der Waals surface area contributed by atoms with Gasteiger partial charge in [-0.3, -0.25) is 9.59 Å². The molecule has 0 aromatic heterocycles. The Morgan fingerprint density at radius 3 is 2.36 bits per heavy atom. The maximum absolute atomic E-state index is 12.1. The maximum Gasteiger partial charge on any atom is 0.347 e. The van der Waals surface area contributed by atoms with E-state index in [0.717, 1.165) is 11.1 Å². The van der Waals surface area contributed by atoms with Crippen molar-refractivity contribution >= 4 is 17.8 Å². The highest BCUT2D eigenvalue weighted by Gasteiger charge is 2.30. The molecule has 2 aromatic carbocycles. The molecular weight excluding hydrogens is 322 g/mol. The summed E-state index contributed by atoms with van der Waals surface area (Å²) in [5.74, 6) is -1.60. The molecule has 0 unspecified atom stereocenters. The number of carbonyl (C=O) groups excluding carboxylic acids is 3. The molecule has 1 aliphatic rings. The molecule has 0 saturated carbocycles. The molecule has 1 heterocycles. The van der Waals surface area contributed by atoms with Gasteiger partial charge in [0.1, 0.15) is 6.54 Å². The molecule has 0 radical (unpaired) electrons. The van der Waals surface area contributed by atoms with Crippen LogP contribution in [0.15, 0.2) is 54.6 Å². The zero-order chi connectivity index (χ0) is 17.6. The Morgan fingerprint density at radius 2 is 1.72 bits per heavy atom. The van der Waals surface area contributed by atoms with Crippen molar-refractivity contribution in [2.45, 2.75) is 12.5 Å². The molecule has 1 aliphatic heterocycles. The van der Waals surface area contributed by atoms with Gasteiger partial charge in [0.15, 0.2) is 0 Å². The van der Waals surface area contributed by atoms with E-state index in [2.05, 4.69) is 5.32 Å². The maximum atomic E-state index is 12.1. The SMILES string of the molecule is O=C(CNC(=O)c1ccc(-c2ccccc2)cc1)O[C@@H]1CCOC1=O. The highest BCUT2D eigenvalue weighted by molar-refractivity contribution is 5.96. The molecule has 0 bridgehead atoms. The van der Waals surface area contributed by atoms with Gasteiger partial charge in [0.2, 0.25) is 6.10 Å².